The van der Waals surface area contributed by atoms with Gasteiger partial charge in [0.05, 0.1) is 26.5 Å². The highest BCUT2D eigenvalue weighted by atomic mass is 32.1. The molecule has 2 N–H and O–H groups in total. The van der Waals surface area contributed by atoms with E-state index in [9.17, 15) is 0 Å². The highest BCUT2D eigenvalue weighted by Gasteiger charge is 2.09. The summed E-state index contributed by atoms with van der Waals surface area (Å²) in [5.74, 6) is 1.77. The molecule has 0 saturated carbocycles. The second-order valence-electron chi connectivity index (χ2n) is 5.84. The van der Waals surface area contributed by atoms with Crippen LogP contribution in [0.1, 0.15) is 11.1 Å². The Morgan fingerprint density at radius 1 is 1.11 bits per heavy atom. The van der Waals surface area contributed by atoms with Crippen LogP contribution in [0.15, 0.2) is 48.8 Å². The number of benzene rings is 2. The van der Waals surface area contributed by atoms with Gasteiger partial charge in [-0.3, -0.25) is 5.32 Å². The lowest BCUT2D eigenvalue weighted by Gasteiger charge is -2.13. The maximum atomic E-state index is 5.36. The standard InChI is InChI=1S/C19H21N5O2S/c1-13-6-4-5-7-14(13)11-24-12-20-18(23-24)22-19(27)21-16-10-15(25-2)8-9-17(16)26-3/h4-10,12H,11H2,1-3H3,(H2,21,22,23,27). The summed E-state index contributed by atoms with van der Waals surface area (Å²) in [6.07, 6.45) is 1.67. The van der Waals surface area contributed by atoms with Crippen molar-refractivity contribution in [2.24, 2.45) is 0 Å². The third-order valence-electron chi connectivity index (χ3n) is 4.01. The Kier molecular flexibility index (Phi) is 5.87. The number of rotatable bonds is 6. The molecule has 2 aromatic carbocycles. The summed E-state index contributed by atoms with van der Waals surface area (Å²) in [7, 11) is 3.20. The van der Waals surface area contributed by atoms with Crippen LogP contribution in [0, 0.1) is 6.92 Å². The number of anilines is 2. The zero-order chi connectivity index (χ0) is 19.2. The van der Waals surface area contributed by atoms with Gasteiger partial charge in [0.2, 0.25) is 5.95 Å². The average molecular weight is 383 g/mol. The van der Waals surface area contributed by atoms with E-state index in [-0.39, 0.29) is 0 Å². The maximum absolute atomic E-state index is 5.36. The van der Waals surface area contributed by atoms with E-state index in [0.29, 0.717) is 34.8 Å². The number of ether oxygens (including phenoxy) is 2. The van der Waals surface area contributed by atoms with Gasteiger partial charge in [-0.2, -0.15) is 0 Å². The van der Waals surface area contributed by atoms with E-state index in [2.05, 4.69) is 39.8 Å². The van der Waals surface area contributed by atoms with Crippen molar-refractivity contribution in [3.63, 3.8) is 0 Å². The molecule has 140 valence electrons. The SMILES string of the molecule is COc1ccc(OC)c(NC(=S)Nc2ncn(Cc3ccccc3C)n2)c1. The molecular formula is C19H21N5O2S. The van der Waals surface area contributed by atoms with Crippen LogP contribution in [0.2, 0.25) is 0 Å². The number of hydrogen-bond donors (Lipinski definition) is 2. The van der Waals surface area contributed by atoms with Gasteiger partial charge in [-0.05, 0) is 42.4 Å². The van der Waals surface area contributed by atoms with Crippen LogP contribution < -0.4 is 20.1 Å². The predicted molar refractivity (Wildman–Crippen MR) is 110 cm³/mol. The molecule has 0 aliphatic heterocycles. The van der Waals surface area contributed by atoms with Gasteiger partial charge in [-0.1, -0.05) is 24.3 Å². The van der Waals surface area contributed by atoms with E-state index < -0.39 is 0 Å². The minimum atomic E-state index is 0.357. The van der Waals surface area contributed by atoms with Gasteiger partial charge in [0.25, 0.3) is 0 Å². The summed E-state index contributed by atoms with van der Waals surface area (Å²) < 4.78 is 12.3. The number of aryl methyl sites for hydroxylation is 1. The highest BCUT2D eigenvalue weighted by molar-refractivity contribution is 7.80. The maximum Gasteiger partial charge on any atom is 0.248 e. The number of nitrogens with one attached hydrogen (secondary N) is 2. The molecule has 0 spiro atoms. The van der Waals surface area contributed by atoms with Gasteiger partial charge >= 0.3 is 0 Å². The van der Waals surface area contributed by atoms with Crippen molar-refractivity contribution >= 4 is 29.0 Å². The molecule has 0 aliphatic rings. The van der Waals surface area contributed by atoms with Crippen molar-refractivity contribution in [3.8, 4) is 11.5 Å². The first kappa shape index (κ1) is 18.7. The first-order valence-electron chi connectivity index (χ1n) is 8.33. The van der Waals surface area contributed by atoms with Crippen LogP contribution in [-0.2, 0) is 6.54 Å². The lowest BCUT2D eigenvalue weighted by Crippen LogP contribution is -2.20. The summed E-state index contributed by atoms with van der Waals surface area (Å²) in [6.45, 7) is 2.72. The minimum absolute atomic E-state index is 0.357. The summed E-state index contributed by atoms with van der Waals surface area (Å²) >= 11 is 5.36. The zero-order valence-corrected chi connectivity index (χ0v) is 16.2. The molecule has 0 amide bonds. The van der Waals surface area contributed by atoms with Gasteiger partial charge in [-0.25, -0.2) is 9.67 Å². The van der Waals surface area contributed by atoms with E-state index in [1.54, 1.807) is 37.4 Å². The number of hydrogen-bond acceptors (Lipinski definition) is 5. The third-order valence-corrected chi connectivity index (χ3v) is 4.21. The smallest absolute Gasteiger partial charge is 0.248 e. The van der Waals surface area contributed by atoms with Crippen molar-refractivity contribution in [2.75, 3.05) is 24.9 Å². The molecule has 0 atom stereocenters. The fourth-order valence-electron chi connectivity index (χ4n) is 2.56. The Balaban J connectivity index is 1.65. The van der Waals surface area contributed by atoms with Crippen LogP contribution in [0.3, 0.4) is 0 Å². The summed E-state index contributed by atoms with van der Waals surface area (Å²) in [5.41, 5.74) is 3.09. The number of nitrogens with zero attached hydrogens (tertiary/aromatic N) is 3. The van der Waals surface area contributed by atoms with Crippen molar-refractivity contribution in [3.05, 3.63) is 59.9 Å². The predicted octanol–water partition coefficient (Wildman–Crippen LogP) is 3.46. The average Bonchev–Trinajstić information content (AvgIpc) is 3.10. The molecule has 0 aliphatic carbocycles. The summed E-state index contributed by atoms with van der Waals surface area (Å²) in [4.78, 5) is 4.26. The molecule has 0 bridgehead atoms. The summed E-state index contributed by atoms with van der Waals surface area (Å²) in [5, 5.41) is 10.8. The Morgan fingerprint density at radius 2 is 1.93 bits per heavy atom. The van der Waals surface area contributed by atoms with E-state index in [1.807, 2.05) is 18.2 Å². The minimum Gasteiger partial charge on any atom is -0.497 e. The topological polar surface area (TPSA) is 73.2 Å². The third kappa shape index (κ3) is 4.73. The molecule has 7 nitrogen and oxygen atoms in total. The first-order valence-corrected chi connectivity index (χ1v) is 8.74. The largest absolute Gasteiger partial charge is 0.497 e. The van der Waals surface area contributed by atoms with Crippen molar-refractivity contribution in [2.45, 2.75) is 13.5 Å². The molecule has 0 unspecified atom stereocenters. The van der Waals surface area contributed by atoms with E-state index in [0.717, 1.165) is 0 Å². The van der Waals surface area contributed by atoms with E-state index in [4.69, 9.17) is 21.7 Å². The molecule has 1 aromatic heterocycles. The Morgan fingerprint density at radius 3 is 2.67 bits per heavy atom. The second-order valence-corrected chi connectivity index (χ2v) is 6.25. The lowest BCUT2D eigenvalue weighted by atomic mass is 10.1. The van der Waals surface area contributed by atoms with Crippen molar-refractivity contribution in [1.82, 2.24) is 14.8 Å². The molecule has 27 heavy (non-hydrogen) atoms. The van der Waals surface area contributed by atoms with Crippen LogP contribution in [0.25, 0.3) is 0 Å². The zero-order valence-electron chi connectivity index (χ0n) is 15.4. The van der Waals surface area contributed by atoms with Gasteiger partial charge in [-0.15, -0.1) is 5.10 Å². The van der Waals surface area contributed by atoms with Gasteiger partial charge in [0.1, 0.15) is 17.8 Å². The fourth-order valence-corrected chi connectivity index (χ4v) is 2.76. The number of methoxy groups -OCH3 is 2. The fraction of sp³-hybridized carbons (Fsp3) is 0.211. The lowest BCUT2D eigenvalue weighted by molar-refractivity contribution is 0.405. The quantitative estimate of drug-likeness (QED) is 0.632. The Hall–Kier alpha value is -3.13. The molecule has 3 rings (SSSR count). The van der Waals surface area contributed by atoms with Crippen LogP contribution in [0.5, 0.6) is 11.5 Å². The number of thiocarbonyl (C=S) groups is 1. The summed E-state index contributed by atoms with van der Waals surface area (Å²) in [6, 6.07) is 13.6. The number of aromatic nitrogens is 3. The highest BCUT2D eigenvalue weighted by Crippen LogP contribution is 2.28. The molecule has 3 aromatic rings. The van der Waals surface area contributed by atoms with Crippen LogP contribution in [-0.4, -0.2) is 34.1 Å². The second kappa shape index (κ2) is 8.50. The Bertz CT molecular complexity index is 941. The van der Waals surface area contributed by atoms with E-state index >= 15 is 0 Å². The molecule has 8 heteroatoms. The molecule has 1 heterocycles. The normalized spacial score (nSPS) is 10.3. The molecule has 0 fully saturated rings. The van der Waals surface area contributed by atoms with E-state index in [1.165, 1.54) is 11.1 Å². The molecule has 0 radical (unpaired) electrons. The van der Waals surface area contributed by atoms with Crippen LogP contribution >= 0.6 is 12.2 Å². The first-order chi connectivity index (χ1) is 13.1. The monoisotopic (exact) mass is 383 g/mol. The van der Waals surface area contributed by atoms with Crippen LogP contribution in [0.4, 0.5) is 11.6 Å². The van der Waals surface area contributed by atoms with Crippen molar-refractivity contribution in [1.29, 1.82) is 0 Å². The van der Waals surface area contributed by atoms with Gasteiger partial charge in [0.15, 0.2) is 5.11 Å². The van der Waals surface area contributed by atoms with Crippen molar-refractivity contribution < 1.29 is 9.47 Å². The van der Waals surface area contributed by atoms with Gasteiger partial charge in [0, 0.05) is 6.07 Å². The van der Waals surface area contributed by atoms with Gasteiger partial charge < -0.3 is 14.8 Å². The molecule has 0 saturated heterocycles. The Labute approximate surface area is 163 Å². The molecular weight excluding hydrogens is 362 g/mol.